The van der Waals surface area contributed by atoms with Gasteiger partial charge in [0.15, 0.2) is 0 Å². The molecule has 70 valence electrons. The molecule has 4 nitrogen and oxygen atoms in total. The van der Waals surface area contributed by atoms with Crippen LogP contribution in [0.3, 0.4) is 0 Å². The number of hydrogen-bond acceptors (Lipinski definition) is 3. The van der Waals surface area contributed by atoms with Crippen LogP contribution < -0.4 is 11.6 Å². The summed E-state index contributed by atoms with van der Waals surface area (Å²) >= 11 is 0. The lowest BCUT2D eigenvalue weighted by atomic mass is 10.1. The van der Waals surface area contributed by atoms with Crippen molar-refractivity contribution in [3.63, 3.8) is 0 Å². The second kappa shape index (κ2) is 4.02. The highest BCUT2D eigenvalue weighted by molar-refractivity contribution is 5.82. The van der Waals surface area contributed by atoms with Crippen LogP contribution in [0.5, 0.6) is 0 Å². The monoisotopic (exact) mass is 179 g/mol. The number of benzene rings is 1. The summed E-state index contributed by atoms with van der Waals surface area (Å²) in [5.41, 5.74) is 6.44. The number of hydrogen-bond donors (Lipinski definition) is 2. The number of amides is 1. The minimum atomic E-state index is -0.670. The fourth-order valence-electron chi connectivity index (χ4n) is 1.02. The van der Waals surface area contributed by atoms with Crippen molar-refractivity contribution in [1.82, 2.24) is 5.01 Å². The number of likely N-dealkylation sites (N-methyl/N-ethyl adjacent to an activating group) is 1. The van der Waals surface area contributed by atoms with E-state index in [1.165, 1.54) is 7.05 Å². The average molecular weight is 179 g/mol. The Bertz CT molecular complexity index is 284. The zero-order chi connectivity index (χ0) is 9.84. The SMILES string of the molecule is CN(N)C(=O)C(N)c1ccccc1. The molecule has 1 amide bonds. The van der Waals surface area contributed by atoms with Crippen LogP contribution in [0.2, 0.25) is 0 Å². The number of hydrazine groups is 1. The van der Waals surface area contributed by atoms with Crippen molar-refractivity contribution in [2.45, 2.75) is 6.04 Å². The summed E-state index contributed by atoms with van der Waals surface area (Å²) < 4.78 is 0. The van der Waals surface area contributed by atoms with Crippen molar-refractivity contribution < 1.29 is 4.79 Å². The molecule has 0 radical (unpaired) electrons. The van der Waals surface area contributed by atoms with Crippen molar-refractivity contribution >= 4 is 5.91 Å². The van der Waals surface area contributed by atoms with Crippen LogP contribution in [0.1, 0.15) is 11.6 Å². The Morgan fingerprint density at radius 3 is 2.38 bits per heavy atom. The van der Waals surface area contributed by atoms with Gasteiger partial charge in [-0.15, -0.1) is 0 Å². The van der Waals surface area contributed by atoms with E-state index in [1.807, 2.05) is 18.2 Å². The molecule has 0 spiro atoms. The molecule has 4 heteroatoms. The van der Waals surface area contributed by atoms with Gasteiger partial charge in [0.1, 0.15) is 6.04 Å². The first-order valence-electron chi connectivity index (χ1n) is 3.95. The van der Waals surface area contributed by atoms with Gasteiger partial charge in [-0.05, 0) is 5.56 Å². The predicted octanol–water partition coefficient (Wildman–Crippen LogP) is 0.0185. The summed E-state index contributed by atoms with van der Waals surface area (Å²) in [4.78, 5) is 11.3. The zero-order valence-electron chi connectivity index (χ0n) is 7.47. The lowest BCUT2D eigenvalue weighted by Gasteiger charge is -2.16. The third-order valence-corrected chi connectivity index (χ3v) is 1.77. The molecule has 0 aliphatic carbocycles. The minimum Gasteiger partial charge on any atom is -0.316 e. The van der Waals surface area contributed by atoms with E-state index in [0.717, 1.165) is 10.6 Å². The Labute approximate surface area is 77.1 Å². The molecule has 0 heterocycles. The Hall–Kier alpha value is -1.39. The molecular weight excluding hydrogens is 166 g/mol. The number of nitrogens with zero attached hydrogens (tertiary/aromatic N) is 1. The lowest BCUT2D eigenvalue weighted by molar-refractivity contribution is -0.131. The van der Waals surface area contributed by atoms with Crippen LogP contribution in [-0.4, -0.2) is 18.0 Å². The average Bonchev–Trinajstić information content (AvgIpc) is 2.17. The summed E-state index contributed by atoms with van der Waals surface area (Å²) in [7, 11) is 1.48. The normalized spacial score (nSPS) is 12.2. The first kappa shape index (κ1) is 9.70. The summed E-state index contributed by atoms with van der Waals surface area (Å²) in [6.45, 7) is 0. The molecule has 1 aromatic carbocycles. The van der Waals surface area contributed by atoms with E-state index in [4.69, 9.17) is 11.6 Å². The maximum absolute atomic E-state index is 11.3. The second-order valence-corrected chi connectivity index (χ2v) is 2.84. The largest absolute Gasteiger partial charge is 0.316 e. The maximum Gasteiger partial charge on any atom is 0.257 e. The molecule has 0 fully saturated rings. The van der Waals surface area contributed by atoms with E-state index in [0.29, 0.717) is 0 Å². The third-order valence-electron chi connectivity index (χ3n) is 1.77. The van der Waals surface area contributed by atoms with Crippen LogP contribution in [-0.2, 0) is 4.79 Å². The number of nitrogens with two attached hydrogens (primary N) is 2. The van der Waals surface area contributed by atoms with Gasteiger partial charge in [-0.3, -0.25) is 9.80 Å². The highest BCUT2D eigenvalue weighted by atomic mass is 16.2. The van der Waals surface area contributed by atoms with Crippen molar-refractivity contribution in [2.24, 2.45) is 11.6 Å². The molecular formula is C9H13N3O. The van der Waals surface area contributed by atoms with E-state index in [1.54, 1.807) is 12.1 Å². The summed E-state index contributed by atoms with van der Waals surface area (Å²) in [5.74, 6) is 4.98. The van der Waals surface area contributed by atoms with Crippen molar-refractivity contribution in [3.8, 4) is 0 Å². The molecule has 1 rings (SSSR count). The smallest absolute Gasteiger partial charge is 0.257 e. The van der Waals surface area contributed by atoms with Gasteiger partial charge >= 0.3 is 0 Å². The molecule has 1 unspecified atom stereocenters. The van der Waals surface area contributed by atoms with Gasteiger partial charge in [0, 0.05) is 7.05 Å². The van der Waals surface area contributed by atoms with Gasteiger partial charge in [0.25, 0.3) is 5.91 Å². The number of rotatable bonds is 2. The molecule has 13 heavy (non-hydrogen) atoms. The standard InChI is InChI=1S/C9H13N3O/c1-12(11)9(13)8(10)7-5-3-2-4-6-7/h2-6,8H,10-11H2,1H3. The highest BCUT2D eigenvalue weighted by Gasteiger charge is 2.16. The molecule has 0 bridgehead atoms. The van der Waals surface area contributed by atoms with Crippen LogP contribution in [0.15, 0.2) is 30.3 Å². The third kappa shape index (κ3) is 2.27. The lowest BCUT2D eigenvalue weighted by Crippen LogP contribution is -2.40. The number of carbonyl (C=O) groups excluding carboxylic acids is 1. The van der Waals surface area contributed by atoms with E-state index in [-0.39, 0.29) is 5.91 Å². The van der Waals surface area contributed by atoms with E-state index in [9.17, 15) is 4.79 Å². The first-order valence-corrected chi connectivity index (χ1v) is 3.95. The molecule has 1 aromatic rings. The fraction of sp³-hybridized carbons (Fsp3) is 0.222. The Morgan fingerprint density at radius 2 is 1.92 bits per heavy atom. The van der Waals surface area contributed by atoms with E-state index >= 15 is 0 Å². The molecule has 0 aromatic heterocycles. The second-order valence-electron chi connectivity index (χ2n) is 2.84. The summed E-state index contributed by atoms with van der Waals surface area (Å²) in [5, 5.41) is 0.998. The minimum absolute atomic E-state index is 0.300. The first-order chi connectivity index (χ1) is 6.13. The molecule has 4 N–H and O–H groups in total. The Kier molecular flexibility index (Phi) is 3.00. The van der Waals surface area contributed by atoms with Gasteiger partial charge in [-0.2, -0.15) is 0 Å². The van der Waals surface area contributed by atoms with Gasteiger partial charge < -0.3 is 5.73 Å². The van der Waals surface area contributed by atoms with Crippen LogP contribution >= 0.6 is 0 Å². The molecule has 0 aliphatic heterocycles. The quantitative estimate of drug-likeness (QED) is 0.382. The van der Waals surface area contributed by atoms with Gasteiger partial charge in [-0.1, -0.05) is 30.3 Å². The van der Waals surface area contributed by atoms with E-state index in [2.05, 4.69) is 0 Å². The van der Waals surface area contributed by atoms with Gasteiger partial charge in [0.2, 0.25) is 0 Å². The summed E-state index contributed by atoms with van der Waals surface area (Å²) in [6, 6.07) is 8.46. The predicted molar refractivity (Wildman–Crippen MR) is 50.3 cm³/mol. The van der Waals surface area contributed by atoms with Gasteiger partial charge in [0.05, 0.1) is 0 Å². The van der Waals surface area contributed by atoms with Crippen molar-refractivity contribution in [3.05, 3.63) is 35.9 Å². The number of carbonyl (C=O) groups is 1. The van der Waals surface area contributed by atoms with Crippen LogP contribution in [0, 0.1) is 0 Å². The van der Waals surface area contributed by atoms with Crippen molar-refractivity contribution in [2.75, 3.05) is 7.05 Å². The van der Waals surface area contributed by atoms with Crippen LogP contribution in [0.4, 0.5) is 0 Å². The van der Waals surface area contributed by atoms with E-state index < -0.39 is 6.04 Å². The molecule has 1 atom stereocenters. The van der Waals surface area contributed by atoms with Crippen molar-refractivity contribution in [1.29, 1.82) is 0 Å². The topological polar surface area (TPSA) is 72.3 Å². The molecule has 0 saturated carbocycles. The Morgan fingerprint density at radius 1 is 1.38 bits per heavy atom. The molecule has 0 saturated heterocycles. The Balaban J connectivity index is 2.80. The zero-order valence-corrected chi connectivity index (χ0v) is 7.47. The van der Waals surface area contributed by atoms with Crippen LogP contribution in [0.25, 0.3) is 0 Å². The maximum atomic E-state index is 11.3. The van der Waals surface area contributed by atoms with Gasteiger partial charge in [-0.25, -0.2) is 5.84 Å². The highest BCUT2D eigenvalue weighted by Crippen LogP contribution is 2.10. The summed E-state index contributed by atoms with van der Waals surface area (Å²) in [6.07, 6.45) is 0. The fourth-order valence-corrected chi connectivity index (χ4v) is 1.02. The molecule has 0 aliphatic rings.